The average Bonchev–Trinajstić information content (AvgIpc) is 3.61. The minimum atomic E-state index is -0.917. The number of hydrogen-bond acceptors (Lipinski definition) is 6. The van der Waals surface area contributed by atoms with E-state index in [2.05, 4.69) is 15.3 Å². The molecule has 190 valence electrons. The van der Waals surface area contributed by atoms with Crippen LogP contribution in [0, 0.1) is 5.82 Å². The number of carbonyl (C=O) groups excluding carboxylic acids is 1. The van der Waals surface area contributed by atoms with Crippen LogP contribution in [-0.2, 0) is 11.3 Å². The Hall–Kier alpha value is -3.76. The number of hydrogen-bond donors (Lipinski definition) is 2. The monoisotopic (exact) mass is 536 g/mol. The zero-order chi connectivity index (χ0) is 26.2. The van der Waals surface area contributed by atoms with Crippen molar-refractivity contribution in [1.29, 1.82) is 0 Å². The second-order valence-electron chi connectivity index (χ2n) is 8.15. The van der Waals surface area contributed by atoms with Gasteiger partial charge in [0.1, 0.15) is 10.8 Å². The van der Waals surface area contributed by atoms with E-state index in [-0.39, 0.29) is 23.5 Å². The molecule has 0 spiro atoms. The van der Waals surface area contributed by atoms with Crippen molar-refractivity contribution in [3.63, 3.8) is 0 Å². The summed E-state index contributed by atoms with van der Waals surface area (Å²) in [4.78, 5) is 33.1. The maximum Gasteiger partial charge on any atom is 0.303 e. The molecule has 37 heavy (non-hydrogen) atoms. The normalized spacial score (nSPS) is 12.3. The van der Waals surface area contributed by atoms with Gasteiger partial charge < -0.3 is 15.0 Å². The van der Waals surface area contributed by atoms with Crippen LogP contribution in [0.25, 0.3) is 22.8 Å². The predicted molar refractivity (Wildman–Crippen MR) is 146 cm³/mol. The second-order valence-corrected chi connectivity index (χ2v) is 10.1. The third-order valence-corrected chi connectivity index (χ3v) is 7.39. The lowest BCUT2D eigenvalue weighted by Crippen LogP contribution is -2.33. The molecule has 4 aromatic rings. The molecular weight excluding hydrogens is 511 g/mol. The molecule has 0 aliphatic heterocycles. The summed E-state index contributed by atoms with van der Waals surface area (Å²) in [5.41, 5.74) is 3.45. The Morgan fingerprint density at radius 2 is 2.03 bits per heavy atom. The van der Waals surface area contributed by atoms with Gasteiger partial charge in [0.2, 0.25) is 0 Å². The lowest BCUT2D eigenvalue weighted by molar-refractivity contribution is -0.137. The third-order valence-electron chi connectivity index (χ3n) is 5.62. The first-order valence-corrected chi connectivity index (χ1v) is 13.6. The first kappa shape index (κ1) is 26.3. The minimum Gasteiger partial charge on any atom is -0.481 e. The van der Waals surface area contributed by atoms with E-state index in [0.717, 1.165) is 16.1 Å². The number of amides is 1. The number of halogens is 1. The molecule has 0 aliphatic rings. The summed E-state index contributed by atoms with van der Waals surface area (Å²) in [7, 11) is 0. The number of carboxylic acids is 1. The van der Waals surface area contributed by atoms with Crippen molar-refractivity contribution in [3.8, 4) is 11.1 Å². The summed E-state index contributed by atoms with van der Waals surface area (Å²) in [6.45, 7) is 0.524. The van der Waals surface area contributed by atoms with Crippen molar-refractivity contribution in [2.45, 2.75) is 24.8 Å². The van der Waals surface area contributed by atoms with Crippen LogP contribution in [-0.4, -0.2) is 43.1 Å². The standard InChI is InChI=1S/C27H25FN4O3S2/c1-36-23(9-10-24(33)34)31-26(35)22-4-2-3-19(25(22)18-5-7-21(28)8-6-18)15-20(27-30-12-14-37-27)16-32-13-11-29-17-32/h2-8,11-15,17,23H,9-10,16H2,1H3,(H,31,35)(H,33,34)/b20-15-. The van der Waals surface area contributed by atoms with Gasteiger partial charge in [0.25, 0.3) is 5.91 Å². The van der Waals surface area contributed by atoms with Crippen LogP contribution in [0.5, 0.6) is 0 Å². The van der Waals surface area contributed by atoms with Gasteiger partial charge in [-0.25, -0.2) is 14.4 Å². The number of allylic oxidation sites excluding steroid dienone is 1. The lowest BCUT2D eigenvalue weighted by Gasteiger charge is -2.19. The van der Waals surface area contributed by atoms with Gasteiger partial charge in [-0.2, -0.15) is 0 Å². The number of benzene rings is 2. The highest BCUT2D eigenvalue weighted by Gasteiger charge is 2.20. The molecule has 0 bridgehead atoms. The summed E-state index contributed by atoms with van der Waals surface area (Å²) < 4.78 is 15.7. The number of carbonyl (C=O) groups is 2. The van der Waals surface area contributed by atoms with Gasteiger partial charge in [-0.05, 0) is 48.1 Å². The fourth-order valence-corrected chi connectivity index (χ4v) is 5.09. The van der Waals surface area contributed by atoms with Crippen LogP contribution in [0.3, 0.4) is 0 Å². The van der Waals surface area contributed by atoms with Crippen LogP contribution in [0.15, 0.2) is 72.8 Å². The van der Waals surface area contributed by atoms with Gasteiger partial charge in [-0.1, -0.05) is 24.3 Å². The number of imidazole rings is 1. The highest BCUT2D eigenvalue weighted by Crippen LogP contribution is 2.32. The lowest BCUT2D eigenvalue weighted by atomic mass is 9.92. The van der Waals surface area contributed by atoms with E-state index in [0.29, 0.717) is 29.7 Å². The molecule has 2 N–H and O–H groups in total. The predicted octanol–water partition coefficient (Wildman–Crippen LogP) is 5.67. The Morgan fingerprint density at radius 3 is 2.68 bits per heavy atom. The molecule has 1 unspecified atom stereocenters. The van der Waals surface area contributed by atoms with E-state index in [4.69, 9.17) is 5.11 Å². The Morgan fingerprint density at radius 1 is 1.22 bits per heavy atom. The first-order valence-electron chi connectivity index (χ1n) is 11.4. The molecule has 10 heteroatoms. The molecule has 0 radical (unpaired) electrons. The maximum atomic E-state index is 13.8. The van der Waals surface area contributed by atoms with E-state index in [1.807, 2.05) is 34.5 Å². The van der Waals surface area contributed by atoms with E-state index in [9.17, 15) is 14.0 Å². The smallest absolute Gasteiger partial charge is 0.303 e. The number of thioether (sulfide) groups is 1. The van der Waals surface area contributed by atoms with Crippen LogP contribution in [0.2, 0.25) is 0 Å². The Bertz CT molecular complexity index is 1370. The molecule has 2 aromatic carbocycles. The van der Waals surface area contributed by atoms with Crippen LogP contribution in [0.1, 0.15) is 33.8 Å². The van der Waals surface area contributed by atoms with Crippen LogP contribution in [0.4, 0.5) is 4.39 Å². The van der Waals surface area contributed by atoms with Crippen molar-refractivity contribution in [1.82, 2.24) is 19.9 Å². The summed E-state index contributed by atoms with van der Waals surface area (Å²) >= 11 is 2.89. The molecule has 0 fully saturated rings. The van der Waals surface area contributed by atoms with Gasteiger partial charge in [-0.15, -0.1) is 23.1 Å². The second kappa shape index (κ2) is 12.5. The van der Waals surface area contributed by atoms with E-state index in [1.54, 1.807) is 43.0 Å². The van der Waals surface area contributed by atoms with Crippen molar-refractivity contribution >= 4 is 46.6 Å². The van der Waals surface area contributed by atoms with Crippen molar-refractivity contribution in [2.75, 3.05) is 6.26 Å². The molecule has 2 aromatic heterocycles. The van der Waals surface area contributed by atoms with Gasteiger partial charge in [0.15, 0.2) is 0 Å². The quantitative estimate of drug-likeness (QED) is 0.240. The van der Waals surface area contributed by atoms with Crippen LogP contribution < -0.4 is 5.32 Å². The third kappa shape index (κ3) is 6.93. The molecule has 0 saturated heterocycles. The summed E-state index contributed by atoms with van der Waals surface area (Å²) in [6.07, 6.45) is 11.1. The van der Waals surface area contributed by atoms with Crippen molar-refractivity contribution < 1.29 is 19.1 Å². The SMILES string of the molecule is CSC(CCC(=O)O)NC(=O)c1cccc(/C=C(/Cn2ccnc2)c2nccs2)c1-c1ccc(F)cc1. The molecule has 4 rings (SSSR count). The fraction of sp³-hybridized carbons (Fsp3) is 0.185. The first-order chi connectivity index (χ1) is 17.9. The average molecular weight is 537 g/mol. The van der Waals surface area contributed by atoms with Gasteiger partial charge in [-0.3, -0.25) is 9.59 Å². The number of aromatic nitrogens is 3. The Balaban J connectivity index is 1.79. The minimum absolute atomic E-state index is 0.0508. The molecular formula is C27H25FN4O3S2. The number of thiazole rings is 1. The number of nitrogens with one attached hydrogen (secondary N) is 1. The molecule has 1 amide bonds. The molecule has 2 heterocycles. The maximum absolute atomic E-state index is 13.8. The highest BCUT2D eigenvalue weighted by molar-refractivity contribution is 7.99. The Labute approximate surface area is 222 Å². The number of carboxylic acid groups (broad SMARTS) is 1. The van der Waals surface area contributed by atoms with Crippen LogP contribution >= 0.6 is 23.1 Å². The van der Waals surface area contributed by atoms with Gasteiger partial charge in [0, 0.05) is 47.1 Å². The highest BCUT2D eigenvalue weighted by atomic mass is 32.2. The van der Waals surface area contributed by atoms with E-state index >= 15 is 0 Å². The van der Waals surface area contributed by atoms with Gasteiger partial charge in [0.05, 0.1) is 18.2 Å². The Kier molecular flexibility index (Phi) is 8.86. The molecule has 0 saturated carbocycles. The summed E-state index contributed by atoms with van der Waals surface area (Å²) in [5, 5.41) is 14.4. The summed E-state index contributed by atoms with van der Waals surface area (Å²) in [6, 6.07) is 11.5. The summed E-state index contributed by atoms with van der Waals surface area (Å²) in [5.74, 6) is -1.62. The molecule has 1 atom stereocenters. The topological polar surface area (TPSA) is 97.1 Å². The molecule has 7 nitrogen and oxygen atoms in total. The van der Waals surface area contributed by atoms with Crippen molar-refractivity contribution in [2.24, 2.45) is 0 Å². The van der Waals surface area contributed by atoms with E-state index < -0.39 is 5.97 Å². The number of rotatable bonds is 11. The largest absolute Gasteiger partial charge is 0.481 e. The van der Waals surface area contributed by atoms with Crippen molar-refractivity contribution in [3.05, 3.63) is 94.7 Å². The zero-order valence-electron chi connectivity index (χ0n) is 20.0. The van der Waals surface area contributed by atoms with E-state index in [1.165, 1.54) is 35.2 Å². The fourth-order valence-electron chi connectivity index (χ4n) is 3.87. The zero-order valence-corrected chi connectivity index (χ0v) is 21.6. The number of nitrogens with zero attached hydrogens (tertiary/aromatic N) is 3. The number of aliphatic carboxylic acids is 1. The molecule has 0 aliphatic carbocycles. The van der Waals surface area contributed by atoms with Gasteiger partial charge >= 0.3 is 5.97 Å².